The summed E-state index contributed by atoms with van der Waals surface area (Å²) in [5.74, 6) is 0.563. The molecule has 1 rings (SSSR count). The third-order valence-corrected chi connectivity index (χ3v) is 4.29. The first kappa shape index (κ1) is 18.2. The van der Waals surface area contributed by atoms with Crippen LogP contribution in [-0.2, 0) is 0 Å². The van der Waals surface area contributed by atoms with Crippen LogP contribution in [-0.4, -0.2) is 53.9 Å². The average Bonchev–Trinajstić information content (AvgIpc) is 2.88. The molecule has 2 atom stereocenters. The number of nitrogens with one attached hydrogen (secondary N) is 2. The predicted molar refractivity (Wildman–Crippen MR) is 86.4 cm³/mol. The van der Waals surface area contributed by atoms with Gasteiger partial charge in [0.2, 0.25) is 0 Å². The Balaban J connectivity index is 2.21. The lowest BCUT2D eigenvalue weighted by Crippen LogP contribution is -2.48. The predicted octanol–water partition coefficient (Wildman–Crippen LogP) is 1.96. The zero-order valence-corrected chi connectivity index (χ0v) is 14.1. The normalized spacial score (nSPS) is 22.3. The number of hydrogen-bond donors (Lipinski definition) is 3. The van der Waals surface area contributed by atoms with Crippen molar-refractivity contribution in [2.24, 2.45) is 5.92 Å². The SMILES string of the molecule is CCN1CCCC1CNC(=O)NCC(C)(O)CCC(C)C. The van der Waals surface area contributed by atoms with Crippen molar-refractivity contribution >= 4 is 6.03 Å². The number of urea groups is 1. The van der Waals surface area contributed by atoms with Crippen LogP contribution in [0.15, 0.2) is 0 Å². The van der Waals surface area contributed by atoms with Crippen molar-refractivity contribution in [1.82, 2.24) is 15.5 Å². The smallest absolute Gasteiger partial charge is 0.314 e. The van der Waals surface area contributed by atoms with Crippen LogP contribution in [0.1, 0.15) is 53.4 Å². The number of rotatable bonds is 8. The average molecular weight is 299 g/mol. The van der Waals surface area contributed by atoms with Gasteiger partial charge in [-0.3, -0.25) is 4.90 Å². The Hall–Kier alpha value is -0.810. The van der Waals surface area contributed by atoms with Crippen LogP contribution in [0.2, 0.25) is 0 Å². The van der Waals surface area contributed by atoms with Gasteiger partial charge in [0.05, 0.1) is 5.60 Å². The standard InChI is InChI=1S/C16H33N3O2/c1-5-19-10-6-7-14(19)11-17-15(20)18-12-16(4,21)9-8-13(2)3/h13-14,21H,5-12H2,1-4H3,(H2,17,18,20). The summed E-state index contributed by atoms with van der Waals surface area (Å²) in [5.41, 5.74) is -0.829. The molecule has 1 aliphatic rings. The highest BCUT2D eigenvalue weighted by molar-refractivity contribution is 5.73. The van der Waals surface area contributed by atoms with E-state index in [0.717, 1.165) is 25.9 Å². The van der Waals surface area contributed by atoms with E-state index in [2.05, 4.69) is 36.3 Å². The molecule has 0 aliphatic carbocycles. The zero-order chi connectivity index (χ0) is 15.9. The number of likely N-dealkylation sites (N-methyl/N-ethyl adjacent to an activating group) is 1. The topological polar surface area (TPSA) is 64.6 Å². The maximum absolute atomic E-state index is 11.8. The van der Waals surface area contributed by atoms with Gasteiger partial charge in [-0.2, -0.15) is 0 Å². The second-order valence-corrected chi connectivity index (χ2v) is 6.92. The van der Waals surface area contributed by atoms with Gasteiger partial charge in [0, 0.05) is 19.1 Å². The van der Waals surface area contributed by atoms with Gasteiger partial charge in [0.15, 0.2) is 0 Å². The second-order valence-electron chi connectivity index (χ2n) is 6.92. The Bertz CT molecular complexity index is 319. The van der Waals surface area contributed by atoms with Gasteiger partial charge in [-0.15, -0.1) is 0 Å². The molecule has 21 heavy (non-hydrogen) atoms. The van der Waals surface area contributed by atoms with E-state index in [-0.39, 0.29) is 6.03 Å². The number of amides is 2. The third-order valence-electron chi connectivity index (χ3n) is 4.29. The largest absolute Gasteiger partial charge is 0.388 e. The first-order valence-corrected chi connectivity index (χ1v) is 8.32. The summed E-state index contributed by atoms with van der Waals surface area (Å²) in [4.78, 5) is 14.2. The van der Waals surface area contributed by atoms with Crippen molar-refractivity contribution in [2.75, 3.05) is 26.2 Å². The lowest BCUT2D eigenvalue weighted by Gasteiger charge is -2.26. The Labute approximate surface area is 129 Å². The van der Waals surface area contributed by atoms with Crippen molar-refractivity contribution in [3.8, 4) is 0 Å². The molecule has 124 valence electrons. The summed E-state index contributed by atoms with van der Waals surface area (Å²) in [7, 11) is 0. The number of hydrogen-bond acceptors (Lipinski definition) is 3. The molecule has 3 N–H and O–H groups in total. The summed E-state index contributed by atoms with van der Waals surface area (Å²) >= 11 is 0. The Morgan fingerprint density at radius 3 is 2.76 bits per heavy atom. The summed E-state index contributed by atoms with van der Waals surface area (Å²) < 4.78 is 0. The molecule has 1 fully saturated rings. The van der Waals surface area contributed by atoms with Crippen molar-refractivity contribution in [3.63, 3.8) is 0 Å². The van der Waals surface area contributed by atoms with Gasteiger partial charge in [-0.1, -0.05) is 20.8 Å². The van der Waals surface area contributed by atoms with E-state index in [9.17, 15) is 9.90 Å². The minimum absolute atomic E-state index is 0.178. The number of aliphatic hydroxyl groups is 1. The highest BCUT2D eigenvalue weighted by atomic mass is 16.3. The fourth-order valence-corrected chi connectivity index (χ4v) is 2.77. The lowest BCUT2D eigenvalue weighted by atomic mass is 9.95. The molecule has 0 saturated carbocycles. The molecular weight excluding hydrogens is 266 g/mol. The van der Waals surface area contributed by atoms with Crippen LogP contribution in [0.5, 0.6) is 0 Å². The van der Waals surface area contributed by atoms with E-state index >= 15 is 0 Å². The van der Waals surface area contributed by atoms with Gasteiger partial charge in [-0.05, 0) is 51.6 Å². The monoisotopic (exact) mass is 299 g/mol. The second kappa shape index (κ2) is 8.59. The summed E-state index contributed by atoms with van der Waals surface area (Å²) in [6, 6.07) is 0.282. The van der Waals surface area contributed by atoms with E-state index in [1.165, 1.54) is 6.42 Å². The quantitative estimate of drug-likeness (QED) is 0.642. The first-order chi connectivity index (χ1) is 9.84. The van der Waals surface area contributed by atoms with Crippen LogP contribution in [0.3, 0.4) is 0 Å². The molecule has 5 nitrogen and oxygen atoms in total. The highest BCUT2D eigenvalue weighted by Gasteiger charge is 2.24. The minimum atomic E-state index is -0.829. The molecule has 0 aromatic heterocycles. The van der Waals surface area contributed by atoms with Crippen LogP contribution < -0.4 is 10.6 Å². The van der Waals surface area contributed by atoms with Crippen LogP contribution in [0.4, 0.5) is 4.79 Å². The fourth-order valence-electron chi connectivity index (χ4n) is 2.77. The number of nitrogens with zero attached hydrogens (tertiary/aromatic N) is 1. The summed E-state index contributed by atoms with van der Waals surface area (Å²) in [6.07, 6.45) is 4.03. The number of likely N-dealkylation sites (tertiary alicyclic amines) is 1. The Morgan fingerprint density at radius 1 is 1.43 bits per heavy atom. The number of carbonyl (C=O) groups excluding carboxylic acids is 1. The van der Waals surface area contributed by atoms with Gasteiger partial charge in [0.1, 0.15) is 0 Å². The van der Waals surface area contributed by atoms with E-state index in [1.54, 1.807) is 6.92 Å². The van der Waals surface area contributed by atoms with Crippen molar-refractivity contribution < 1.29 is 9.90 Å². The first-order valence-electron chi connectivity index (χ1n) is 8.32. The molecule has 2 unspecified atom stereocenters. The molecule has 0 aromatic rings. The van der Waals surface area contributed by atoms with E-state index in [0.29, 0.717) is 31.5 Å². The van der Waals surface area contributed by atoms with Crippen molar-refractivity contribution in [2.45, 2.75) is 65.0 Å². The van der Waals surface area contributed by atoms with Crippen LogP contribution in [0.25, 0.3) is 0 Å². The van der Waals surface area contributed by atoms with Gasteiger partial charge < -0.3 is 15.7 Å². The molecule has 5 heteroatoms. The minimum Gasteiger partial charge on any atom is -0.388 e. The zero-order valence-electron chi connectivity index (χ0n) is 14.1. The van der Waals surface area contributed by atoms with Crippen molar-refractivity contribution in [3.05, 3.63) is 0 Å². The van der Waals surface area contributed by atoms with Gasteiger partial charge >= 0.3 is 6.03 Å². The van der Waals surface area contributed by atoms with Crippen molar-refractivity contribution in [1.29, 1.82) is 0 Å². The molecule has 1 aliphatic heterocycles. The maximum Gasteiger partial charge on any atom is 0.314 e. The molecule has 2 amide bonds. The molecule has 0 spiro atoms. The number of carbonyl (C=O) groups is 1. The summed E-state index contributed by atoms with van der Waals surface area (Å²) in [6.45, 7) is 11.4. The molecule has 0 aromatic carbocycles. The van der Waals surface area contributed by atoms with Gasteiger partial charge in [0.25, 0.3) is 0 Å². The Kier molecular flexibility index (Phi) is 7.46. The van der Waals surface area contributed by atoms with Gasteiger partial charge in [-0.25, -0.2) is 4.79 Å². The molecule has 1 saturated heterocycles. The molecule has 0 bridgehead atoms. The van der Waals surface area contributed by atoms with E-state index < -0.39 is 5.60 Å². The lowest BCUT2D eigenvalue weighted by molar-refractivity contribution is 0.0476. The molecule has 1 heterocycles. The molecular formula is C16H33N3O2. The maximum atomic E-state index is 11.8. The highest BCUT2D eigenvalue weighted by Crippen LogP contribution is 2.16. The van der Waals surface area contributed by atoms with Crippen LogP contribution in [0, 0.1) is 5.92 Å². The van der Waals surface area contributed by atoms with Crippen LogP contribution >= 0.6 is 0 Å². The van der Waals surface area contributed by atoms with E-state index in [4.69, 9.17) is 0 Å². The summed E-state index contributed by atoms with van der Waals surface area (Å²) in [5, 5.41) is 15.9. The molecule has 0 radical (unpaired) electrons. The van der Waals surface area contributed by atoms with E-state index in [1.807, 2.05) is 0 Å². The third kappa shape index (κ3) is 7.14. The Morgan fingerprint density at radius 2 is 2.14 bits per heavy atom. The fraction of sp³-hybridized carbons (Fsp3) is 0.938.